The van der Waals surface area contributed by atoms with Gasteiger partial charge in [-0.15, -0.1) is 0 Å². The average molecular weight is 423 g/mol. The molecule has 0 unspecified atom stereocenters. The maximum absolute atomic E-state index is 12.7. The van der Waals surface area contributed by atoms with Crippen molar-refractivity contribution in [1.29, 1.82) is 0 Å². The lowest BCUT2D eigenvalue weighted by molar-refractivity contribution is 0.0817. The Morgan fingerprint density at radius 1 is 1.03 bits per heavy atom. The van der Waals surface area contributed by atoms with Gasteiger partial charge in [0.25, 0.3) is 5.91 Å². The number of hydrogen-bond acceptors (Lipinski definition) is 6. The fourth-order valence-corrected chi connectivity index (χ4v) is 4.45. The van der Waals surface area contributed by atoms with Gasteiger partial charge in [-0.2, -0.15) is 0 Å². The van der Waals surface area contributed by atoms with Crippen LogP contribution in [0.1, 0.15) is 33.1 Å². The van der Waals surface area contributed by atoms with E-state index in [1.165, 1.54) is 0 Å². The van der Waals surface area contributed by atoms with Gasteiger partial charge in [0.2, 0.25) is 0 Å². The van der Waals surface area contributed by atoms with Gasteiger partial charge in [-0.3, -0.25) is 14.8 Å². The second-order valence-electron chi connectivity index (χ2n) is 7.48. The Labute approximate surface area is 175 Å². The summed E-state index contributed by atoms with van der Waals surface area (Å²) >= 11 is 0. The van der Waals surface area contributed by atoms with E-state index >= 15 is 0 Å². The number of pyridine rings is 2. The number of fused-ring (bicyclic) bond motifs is 1. The number of amides is 1. The Bertz CT molecular complexity index is 1250. The molecular weight excluding hydrogens is 400 g/mol. The number of aromatic nitrogens is 2. The van der Waals surface area contributed by atoms with E-state index in [1.54, 1.807) is 42.3 Å². The summed E-state index contributed by atoms with van der Waals surface area (Å²) in [7, 11) is -1.72. The molecule has 0 fully saturated rings. The number of rotatable bonds is 5. The number of aryl methyl sites for hydroxylation is 1. The number of sulfone groups is 1. The summed E-state index contributed by atoms with van der Waals surface area (Å²) in [5.74, 6) is -0.142. The summed E-state index contributed by atoms with van der Waals surface area (Å²) in [5, 5.41) is 3.18. The molecule has 2 aromatic heterocycles. The van der Waals surface area contributed by atoms with Gasteiger partial charge in [-0.25, -0.2) is 8.42 Å². The summed E-state index contributed by atoms with van der Waals surface area (Å²) < 4.78 is 24.4. The smallest absolute Gasteiger partial charge is 0.257 e. The van der Waals surface area contributed by atoms with E-state index in [0.717, 1.165) is 23.3 Å². The van der Waals surface area contributed by atoms with Crippen molar-refractivity contribution < 1.29 is 13.2 Å². The van der Waals surface area contributed by atoms with Crippen LogP contribution < -0.4 is 5.32 Å². The Morgan fingerprint density at radius 2 is 1.80 bits per heavy atom. The quantitative estimate of drug-likeness (QED) is 0.679. The van der Waals surface area contributed by atoms with Crippen molar-refractivity contribution in [3.63, 3.8) is 0 Å². The van der Waals surface area contributed by atoms with Crippen LogP contribution in [0.15, 0.2) is 53.4 Å². The van der Waals surface area contributed by atoms with Gasteiger partial charge < -0.3 is 10.2 Å². The predicted molar refractivity (Wildman–Crippen MR) is 115 cm³/mol. The minimum absolute atomic E-state index is 0.142. The highest BCUT2D eigenvalue weighted by Gasteiger charge is 2.30. The lowest BCUT2D eigenvalue weighted by atomic mass is 10.1. The van der Waals surface area contributed by atoms with Gasteiger partial charge in [-0.05, 0) is 37.3 Å². The molecule has 0 saturated heterocycles. The molecule has 0 aliphatic carbocycles. The normalized spacial score (nSPS) is 13.4. The van der Waals surface area contributed by atoms with E-state index in [-0.39, 0.29) is 10.8 Å². The van der Waals surface area contributed by atoms with Gasteiger partial charge >= 0.3 is 0 Å². The molecule has 0 spiro atoms. The van der Waals surface area contributed by atoms with Crippen LogP contribution in [-0.4, -0.2) is 42.5 Å². The van der Waals surface area contributed by atoms with Gasteiger partial charge in [-0.1, -0.05) is 18.2 Å². The van der Waals surface area contributed by atoms with E-state index in [4.69, 9.17) is 4.98 Å². The first-order valence-electron chi connectivity index (χ1n) is 9.49. The molecule has 4 rings (SSSR count). The third-order valence-electron chi connectivity index (χ3n) is 4.96. The molecule has 3 aromatic rings. The summed E-state index contributed by atoms with van der Waals surface area (Å²) in [6.45, 7) is 2.34. The number of hydrogen-bond donors (Lipinski definition) is 1. The molecule has 1 aliphatic rings. The summed E-state index contributed by atoms with van der Waals surface area (Å²) in [5.41, 5.74) is 4.68. The maximum Gasteiger partial charge on any atom is 0.257 e. The molecule has 0 saturated carbocycles. The zero-order chi connectivity index (χ0) is 21.5. The molecule has 8 heteroatoms. The van der Waals surface area contributed by atoms with Gasteiger partial charge in [0.15, 0.2) is 9.84 Å². The van der Waals surface area contributed by atoms with Crippen LogP contribution in [0.25, 0.3) is 0 Å². The van der Waals surface area contributed by atoms with Crippen molar-refractivity contribution >= 4 is 27.1 Å². The number of nitrogens with zero attached hydrogens (tertiary/aromatic N) is 3. The lowest BCUT2D eigenvalue weighted by Gasteiger charge is -2.15. The number of para-hydroxylation sites is 1. The van der Waals surface area contributed by atoms with E-state index in [2.05, 4.69) is 10.3 Å². The van der Waals surface area contributed by atoms with Crippen molar-refractivity contribution in [2.45, 2.75) is 24.8 Å². The van der Waals surface area contributed by atoms with E-state index in [1.807, 2.05) is 25.1 Å². The van der Waals surface area contributed by atoms with Crippen LogP contribution in [0.2, 0.25) is 0 Å². The van der Waals surface area contributed by atoms with Gasteiger partial charge in [0.05, 0.1) is 34.1 Å². The first-order valence-corrected chi connectivity index (χ1v) is 11.4. The molecule has 1 N–H and O–H groups in total. The van der Waals surface area contributed by atoms with Crippen LogP contribution in [-0.2, 0) is 22.8 Å². The topological polar surface area (TPSA) is 92.3 Å². The van der Waals surface area contributed by atoms with E-state index in [9.17, 15) is 13.2 Å². The van der Waals surface area contributed by atoms with E-state index in [0.29, 0.717) is 35.6 Å². The Morgan fingerprint density at radius 3 is 2.53 bits per heavy atom. The van der Waals surface area contributed by atoms with Crippen LogP contribution in [0.3, 0.4) is 0 Å². The highest BCUT2D eigenvalue weighted by molar-refractivity contribution is 7.90. The van der Waals surface area contributed by atoms with E-state index < -0.39 is 9.84 Å². The average Bonchev–Trinajstić information content (AvgIpc) is 2.95. The number of benzene rings is 1. The molecule has 3 heterocycles. The van der Waals surface area contributed by atoms with Crippen molar-refractivity contribution in [3.05, 3.63) is 76.9 Å². The van der Waals surface area contributed by atoms with Gasteiger partial charge in [0, 0.05) is 36.8 Å². The fourth-order valence-electron chi connectivity index (χ4n) is 3.61. The fraction of sp³-hybridized carbons (Fsp3) is 0.227. The van der Waals surface area contributed by atoms with Crippen LogP contribution in [0.5, 0.6) is 0 Å². The van der Waals surface area contributed by atoms with Crippen LogP contribution >= 0.6 is 0 Å². The summed E-state index contributed by atoms with van der Waals surface area (Å²) in [6.07, 6.45) is 1.67. The molecule has 0 radical (unpaired) electrons. The predicted octanol–water partition coefficient (Wildman–Crippen LogP) is 3.11. The number of anilines is 2. The molecule has 1 aliphatic heterocycles. The molecule has 0 bridgehead atoms. The standard InChI is InChI=1S/C22H22N4O3S/c1-14-7-6-8-15(23-14)11-16-12-18(21-19(24-16)13-26(2)22(21)27)25-17-9-4-5-10-20(17)30(3,28)29/h4-10,12H,11,13H2,1-3H3,(H,24,25). The third kappa shape index (κ3) is 3.91. The van der Waals surface area contributed by atoms with Crippen LogP contribution in [0, 0.1) is 6.92 Å². The summed E-state index contributed by atoms with van der Waals surface area (Å²) in [4.78, 5) is 23.7. The van der Waals surface area contributed by atoms with Crippen LogP contribution in [0.4, 0.5) is 11.4 Å². The minimum atomic E-state index is -3.44. The Balaban J connectivity index is 1.80. The second-order valence-corrected chi connectivity index (χ2v) is 9.47. The molecule has 30 heavy (non-hydrogen) atoms. The summed E-state index contributed by atoms with van der Waals surface area (Å²) in [6, 6.07) is 14.3. The zero-order valence-corrected chi connectivity index (χ0v) is 17.8. The Kier molecular flexibility index (Phi) is 5.03. The van der Waals surface area contributed by atoms with Gasteiger partial charge in [0.1, 0.15) is 0 Å². The lowest BCUT2D eigenvalue weighted by Crippen LogP contribution is -2.18. The highest BCUT2D eigenvalue weighted by atomic mass is 32.2. The Hall–Kier alpha value is -3.26. The van der Waals surface area contributed by atoms with Crippen molar-refractivity contribution in [2.75, 3.05) is 18.6 Å². The first-order chi connectivity index (χ1) is 14.2. The minimum Gasteiger partial charge on any atom is -0.354 e. The SMILES string of the molecule is Cc1cccc(Cc2cc(Nc3ccccc3S(C)(=O)=O)c3c(n2)CN(C)C3=O)n1. The molecule has 7 nitrogen and oxygen atoms in total. The van der Waals surface area contributed by atoms with Crippen molar-refractivity contribution in [3.8, 4) is 0 Å². The zero-order valence-electron chi connectivity index (χ0n) is 17.0. The largest absolute Gasteiger partial charge is 0.354 e. The number of carbonyl (C=O) groups excluding carboxylic acids is 1. The second kappa shape index (κ2) is 7.53. The molecule has 0 atom stereocenters. The number of nitrogens with one attached hydrogen (secondary N) is 1. The maximum atomic E-state index is 12.7. The first kappa shape index (κ1) is 20.0. The monoisotopic (exact) mass is 422 g/mol. The molecule has 154 valence electrons. The number of carbonyl (C=O) groups is 1. The van der Waals surface area contributed by atoms with Crippen molar-refractivity contribution in [1.82, 2.24) is 14.9 Å². The van der Waals surface area contributed by atoms with Crippen molar-refractivity contribution in [2.24, 2.45) is 0 Å². The highest BCUT2D eigenvalue weighted by Crippen LogP contribution is 2.33. The molecule has 1 aromatic carbocycles. The molecular formula is C22H22N4O3S. The molecule has 1 amide bonds. The third-order valence-corrected chi connectivity index (χ3v) is 6.11.